The normalized spacial score (nSPS) is 23.4. The molecule has 0 aliphatic heterocycles. The second kappa shape index (κ2) is 4.94. The second-order valence-corrected chi connectivity index (χ2v) is 4.96. The lowest BCUT2D eigenvalue weighted by Gasteiger charge is -2.20. The average Bonchev–Trinajstić information content (AvgIpc) is 2.06. The summed E-state index contributed by atoms with van der Waals surface area (Å²) in [5.41, 5.74) is 0.925. The van der Waals surface area contributed by atoms with E-state index in [0.717, 1.165) is 38.5 Å². The van der Waals surface area contributed by atoms with Gasteiger partial charge < -0.3 is 10.2 Å². The first-order chi connectivity index (χ1) is 6.47. The fraction of sp³-hybridized carbons (Fsp3) is 0.833. The molecule has 0 aromatic rings. The van der Waals surface area contributed by atoms with Crippen LogP contribution in [0, 0.1) is 0 Å². The Morgan fingerprint density at radius 1 is 1.50 bits per heavy atom. The van der Waals surface area contributed by atoms with Gasteiger partial charge in [-0.05, 0) is 52.4 Å². The van der Waals surface area contributed by atoms with Crippen molar-refractivity contribution in [1.29, 1.82) is 0 Å². The number of hydrogen-bond donors (Lipinski definition) is 2. The molecule has 1 atom stereocenters. The van der Waals surface area contributed by atoms with Gasteiger partial charge in [-0.3, -0.25) is 0 Å². The van der Waals surface area contributed by atoms with Crippen LogP contribution in [0.4, 0.5) is 0 Å². The fourth-order valence-corrected chi connectivity index (χ4v) is 1.85. The Bertz CT molecular complexity index is 201. The number of rotatable bonds is 4. The molecule has 0 saturated heterocycles. The Balaban J connectivity index is 2.19. The molecule has 82 valence electrons. The summed E-state index contributed by atoms with van der Waals surface area (Å²) in [5.74, 6) is 0. The molecule has 0 fully saturated rings. The first-order valence-electron chi connectivity index (χ1n) is 5.56. The lowest BCUT2D eigenvalue weighted by Crippen LogP contribution is -2.18. The van der Waals surface area contributed by atoms with E-state index < -0.39 is 5.60 Å². The Morgan fingerprint density at radius 2 is 2.21 bits per heavy atom. The highest BCUT2D eigenvalue weighted by Gasteiger charge is 2.14. The summed E-state index contributed by atoms with van der Waals surface area (Å²) in [6.07, 6.45) is 7.79. The van der Waals surface area contributed by atoms with E-state index in [1.165, 1.54) is 5.57 Å². The van der Waals surface area contributed by atoms with Crippen molar-refractivity contribution < 1.29 is 10.2 Å². The molecule has 0 aromatic carbocycles. The second-order valence-electron chi connectivity index (χ2n) is 4.96. The molecule has 0 spiro atoms. The molecule has 2 nitrogen and oxygen atoms in total. The molecular formula is C12H22O2. The van der Waals surface area contributed by atoms with Gasteiger partial charge >= 0.3 is 0 Å². The smallest absolute Gasteiger partial charge is 0.0591 e. The molecule has 1 rings (SSSR count). The highest BCUT2D eigenvalue weighted by atomic mass is 16.3. The lowest BCUT2D eigenvalue weighted by molar-refractivity contribution is 0.0687. The van der Waals surface area contributed by atoms with Crippen molar-refractivity contribution in [2.75, 3.05) is 0 Å². The molecule has 1 unspecified atom stereocenters. The minimum absolute atomic E-state index is 0.118. The molecule has 0 saturated carbocycles. The minimum atomic E-state index is -0.533. The van der Waals surface area contributed by atoms with Crippen LogP contribution in [0.1, 0.15) is 52.4 Å². The zero-order chi connectivity index (χ0) is 10.6. The van der Waals surface area contributed by atoms with Gasteiger partial charge in [-0.1, -0.05) is 11.6 Å². The van der Waals surface area contributed by atoms with Crippen molar-refractivity contribution in [2.24, 2.45) is 0 Å². The van der Waals surface area contributed by atoms with Gasteiger partial charge in [-0.2, -0.15) is 0 Å². The monoisotopic (exact) mass is 198 g/mol. The first-order valence-corrected chi connectivity index (χ1v) is 5.56. The van der Waals surface area contributed by atoms with E-state index >= 15 is 0 Å². The molecule has 0 amide bonds. The van der Waals surface area contributed by atoms with Crippen molar-refractivity contribution in [3.63, 3.8) is 0 Å². The van der Waals surface area contributed by atoms with Crippen molar-refractivity contribution in [3.8, 4) is 0 Å². The summed E-state index contributed by atoms with van der Waals surface area (Å²) in [7, 11) is 0. The molecule has 14 heavy (non-hydrogen) atoms. The van der Waals surface area contributed by atoms with E-state index in [-0.39, 0.29) is 6.10 Å². The zero-order valence-electron chi connectivity index (χ0n) is 9.29. The van der Waals surface area contributed by atoms with E-state index in [9.17, 15) is 10.2 Å². The number of aliphatic hydroxyl groups excluding tert-OH is 1. The van der Waals surface area contributed by atoms with Gasteiger partial charge in [0, 0.05) is 0 Å². The molecule has 1 aliphatic rings. The van der Waals surface area contributed by atoms with Crippen LogP contribution in [0.5, 0.6) is 0 Å². The van der Waals surface area contributed by atoms with Gasteiger partial charge in [0.2, 0.25) is 0 Å². The van der Waals surface area contributed by atoms with E-state index in [2.05, 4.69) is 6.08 Å². The molecule has 2 heteroatoms. The summed E-state index contributed by atoms with van der Waals surface area (Å²) in [6, 6.07) is 0. The van der Waals surface area contributed by atoms with Gasteiger partial charge in [-0.25, -0.2) is 0 Å². The highest BCUT2D eigenvalue weighted by Crippen LogP contribution is 2.23. The SMILES string of the molecule is CC(C)(O)CCCC1=CCC(O)CC1. The highest BCUT2D eigenvalue weighted by molar-refractivity contribution is 5.06. The lowest BCUT2D eigenvalue weighted by atomic mass is 9.92. The van der Waals surface area contributed by atoms with Crippen LogP contribution in [0.25, 0.3) is 0 Å². The van der Waals surface area contributed by atoms with E-state index in [1.807, 2.05) is 13.8 Å². The van der Waals surface area contributed by atoms with Crippen LogP contribution in [0.15, 0.2) is 11.6 Å². The Labute approximate surface area is 86.6 Å². The molecule has 0 aromatic heterocycles. The summed E-state index contributed by atoms with van der Waals surface area (Å²) < 4.78 is 0. The minimum Gasteiger partial charge on any atom is -0.393 e. The Kier molecular flexibility index (Phi) is 4.14. The van der Waals surface area contributed by atoms with Crippen molar-refractivity contribution >= 4 is 0 Å². The Morgan fingerprint density at radius 3 is 2.71 bits per heavy atom. The maximum absolute atomic E-state index is 9.53. The van der Waals surface area contributed by atoms with Gasteiger partial charge in [0.05, 0.1) is 11.7 Å². The number of aliphatic hydroxyl groups is 2. The van der Waals surface area contributed by atoms with Crippen LogP contribution in [0.3, 0.4) is 0 Å². The summed E-state index contributed by atoms with van der Waals surface area (Å²) in [6.45, 7) is 3.71. The van der Waals surface area contributed by atoms with Crippen molar-refractivity contribution in [1.82, 2.24) is 0 Å². The molecule has 1 aliphatic carbocycles. The summed E-state index contributed by atoms with van der Waals surface area (Å²) >= 11 is 0. The maximum atomic E-state index is 9.53. The topological polar surface area (TPSA) is 40.5 Å². The number of allylic oxidation sites excluding steroid dienone is 1. The summed E-state index contributed by atoms with van der Waals surface area (Å²) in [4.78, 5) is 0. The van der Waals surface area contributed by atoms with Crippen LogP contribution in [0.2, 0.25) is 0 Å². The van der Waals surface area contributed by atoms with Gasteiger partial charge in [0.1, 0.15) is 0 Å². The fourth-order valence-electron chi connectivity index (χ4n) is 1.85. The average molecular weight is 198 g/mol. The largest absolute Gasteiger partial charge is 0.393 e. The van der Waals surface area contributed by atoms with Gasteiger partial charge in [-0.15, -0.1) is 0 Å². The summed E-state index contributed by atoms with van der Waals surface area (Å²) in [5, 5.41) is 18.8. The third-order valence-electron chi connectivity index (χ3n) is 2.76. The molecule has 2 N–H and O–H groups in total. The number of hydrogen-bond acceptors (Lipinski definition) is 2. The van der Waals surface area contributed by atoms with Crippen LogP contribution >= 0.6 is 0 Å². The van der Waals surface area contributed by atoms with Crippen LogP contribution < -0.4 is 0 Å². The standard InChI is InChI=1S/C12H22O2/c1-12(2,14)9-3-4-10-5-7-11(13)8-6-10/h5,11,13-14H,3-4,6-9H2,1-2H3. The van der Waals surface area contributed by atoms with E-state index in [4.69, 9.17) is 0 Å². The van der Waals surface area contributed by atoms with Gasteiger partial charge in [0.15, 0.2) is 0 Å². The predicted octanol–water partition coefficient (Wildman–Crippen LogP) is 2.40. The zero-order valence-corrected chi connectivity index (χ0v) is 9.29. The van der Waals surface area contributed by atoms with E-state index in [1.54, 1.807) is 0 Å². The van der Waals surface area contributed by atoms with Crippen molar-refractivity contribution in [2.45, 2.75) is 64.1 Å². The Hall–Kier alpha value is -0.340. The first kappa shape index (κ1) is 11.7. The quantitative estimate of drug-likeness (QED) is 0.681. The third-order valence-corrected chi connectivity index (χ3v) is 2.76. The predicted molar refractivity (Wildman–Crippen MR) is 58.1 cm³/mol. The van der Waals surface area contributed by atoms with Crippen LogP contribution in [-0.4, -0.2) is 21.9 Å². The molecular weight excluding hydrogens is 176 g/mol. The molecule has 0 bridgehead atoms. The van der Waals surface area contributed by atoms with E-state index in [0.29, 0.717) is 0 Å². The maximum Gasteiger partial charge on any atom is 0.0591 e. The third kappa shape index (κ3) is 4.77. The van der Waals surface area contributed by atoms with Crippen molar-refractivity contribution in [3.05, 3.63) is 11.6 Å². The van der Waals surface area contributed by atoms with Gasteiger partial charge in [0.25, 0.3) is 0 Å². The molecule has 0 radical (unpaired) electrons. The molecule has 0 heterocycles. The van der Waals surface area contributed by atoms with Crippen LogP contribution in [-0.2, 0) is 0 Å².